The van der Waals surface area contributed by atoms with Crippen LogP contribution < -0.4 is 19.7 Å². The molecular formula is C33H27BrN6O2. The second-order valence-electron chi connectivity index (χ2n) is 9.97. The van der Waals surface area contributed by atoms with E-state index in [4.69, 9.17) is 24.6 Å². The van der Waals surface area contributed by atoms with E-state index >= 15 is 0 Å². The van der Waals surface area contributed by atoms with Crippen molar-refractivity contribution in [1.82, 2.24) is 9.78 Å². The number of ether oxygens (including phenoxy) is 2. The van der Waals surface area contributed by atoms with E-state index in [1.807, 2.05) is 84.4 Å². The lowest BCUT2D eigenvalue weighted by molar-refractivity contribution is 0.405. The first kappa shape index (κ1) is 26.0. The van der Waals surface area contributed by atoms with Gasteiger partial charge in [-0.05, 0) is 61.0 Å². The number of aromatic nitrogens is 2. The summed E-state index contributed by atoms with van der Waals surface area (Å²) in [5, 5.41) is 8.54. The van der Waals surface area contributed by atoms with Gasteiger partial charge in [-0.15, -0.1) is 0 Å². The SMILES string of the molecule is COc1ccc(OC)c(NC2=Nc3ccccc3N3C2=Nc2c(c(C)nn2-c2ccccc2)[C@H]3c2cccc(Br)c2)c1. The summed E-state index contributed by atoms with van der Waals surface area (Å²) in [6.07, 6.45) is 0. The number of halogens is 1. The fraction of sp³-hybridized carbons (Fsp3) is 0.121. The minimum Gasteiger partial charge on any atom is -0.497 e. The van der Waals surface area contributed by atoms with Crippen molar-refractivity contribution >= 4 is 50.5 Å². The van der Waals surface area contributed by atoms with Crippen molar-refractivity contribution in [2.75, 3.05) is 24.4 Å². The van der Waals surface area contributed by atoms with E-state index in [1.54, 1.807) is 14.2 Å². The van der Waals surface area contributed by atoms with Gasteiger partial charge >= 0.3 is 0 Å². The standard InChI is InChI=1S/C33H27BrN6O2/c1-20-29-30(21-10-9-11-22(34)18-21)39-27-15-8-7-14-25(27)35-31(36-26-19-24(41-2)16-17-28(26)42-3)33(39)37-32(29)40(38-20)23-12-5-4-6-13-23/h4-19,30H,1-3H3,(H,35,36)/t30-/m1/s1. The second kappa shape index (κ2) is 10.5. The summed E-state index contributed by atoms with van der Waals surface area (Å²) in [6, 6.07) is 32.0. The van der Waals surface area contributed by atoms with Gasteiger partial charge in [0.05, 0.1) is 48.7 Å². The molecule has 5 aromatic rings. The van der Waals surface area contributed by atoms with Gasteiger partial charge in [-0.25, -0.2) is 14.7 Å². The number of aliphatic imine (C=N–C) groups is 2. The van der Waals surface area contributed by atoms with Crippen molar-refractivity contribution in [1.29, 1.82) is 0 Å². The number of benzene rings is 4. The molecule has 4 aromatic carbocycles. The van der Waals surface area contributed by atoms with E-state index in [2.05, 4.69) is 50.4 Å². The van der Waals surface area contributed by atoms with Crippen LogP contribution in [0.15, 0.2) is 112 Å². The highest BCUT2D eigenvalue weighted by molar-refractivity contribution is 9.10. The number of hydrogen-bond donors (Lipinski definition) is 1. The van der Waals surface area contributed by atoms with Crippen molar-refractivity contribution in [2.24, 2.45) is 9.98 Å². The van der Waals surface area contributed by atoms with Crippen LogP contribution in [0.25, 0.3) is 5.69 Å². The van der Waals surface area contributed by atoms with Gasteiger partial charge < -0.3 is 19.7 Å². The van der Waals surface area contributed by atoms with Crippen molar-refractivity contribution in [3.05, 3.63) is 118 Å². The third kappa shape index (κ3) is 4.33. The number of rotatable bonds is 5. The molecule has 0 spiro atoms. The average molecular weight is 620 g/mol. The first-order valence-corrected chi connectivity index (χ1v) is 14.3. The van der Waals surface area contributed by atoms with E-state index in [-0.39, 0.29) is 6.04 Å². The minimum atomic E-state index is -0.219. The lowest BCUT2D eigenvalue weighted by Gasteiger charge is -2.40. The molecule has 0 radical (unpaired) electrons. The minimum absolute atomic E-state index is 0.219. The molecule has 3 heterocycles. The molecule has 1 aromatic heterocycles. The van der Waals surface area contributed by atoms with Crippen LogP contribution in [0.3, 0.4) is 0 Å². The zero-order valence-corrected chi connectivity index (χ0v) is 24.8. The maximum atomic E-state index is 5.69. The number of anilines is 2. The lowest BCUT2D eigenvalue weighted by Crippen LogP contribution is -2.46. The molecule has 0 saturated carbocycles. The molecule has 1 atom stereocenters. The van der Waals surface area contributed by atoms with Gasteiger partial charge in [-0.3, -0.25) is 0 Å². The number of amidine groups is 2. The zero-order chi connectivity index (χ0) is 28.8. The van der Waals surface area contributed by atoms with Gasteiger partial charge in [0, 0.05) is 16.1 Å². The van der Waals surface area contributed by atoms with Gasteiger partial charge in [-0.1, -0.05) is 58.4 Å². The van der Waals surface area contributed by atoms with E-state index < -0.39 is 0 Å². The summed E-state index contributed by atoms with van der Waals surface area (Å²) in [4.78, 5) is 12.6. The Kier molecular flexibility index (Phi) is 6.51. The van der Waals surface area contributed by atoms with Gasteiger partial charge in [-0.2, -0.15) is 5.10 Å². The molecule has 42 heavy (non-hydrogen) atoms. The van der Waals surface area contributed by atoms with Gasteiger partial charge in [0.1, 0.15) is 11.5 Å². The molecule has 1 N–H and O–H groups in total. The van der Waals surface area contributed by atoms with E-state index in [0.717, 1.165) is 49.9 Å². The lowest BCUT2D eigenvalue weighted by atomic mass is 9.93. The number of aryl methyl sites for hydroxylation is 1. The summed E-state index contributed by atoms with van der Waals surface area (Å²) in [5.41, 5.74) is 6.49. The molecular weight excluding hydrogens is 592 g/mol. The monoisotopic (exact) mass is 618 g/mol. The number of methoxy groups -OCH3 is 2. The predicted molar refractivity (Wildman–Crippen MR) is 171 cm³/mol. The van der Waals surface area contributed by atoms with Crippen LogP contribution in [0, 0.1) is 6.92 Å². The molecule has 7 rings (SSSR count). The Labute approximate surface area is 252 Å². The first-order valence-electron chi connectivity index (χ1n) is 13.5. The molecule has 2 aliphatic heterocycles. The van der Waals surface area contributed by atoms with E-state index in [0.29, 0.717) is 23.2 Å². The molecule has 8 nitrogen and oxygen atoms in total. The Bertz CT molecular complexity index is 1880. The van der Waals surface area contributed by atoms with Crippen LogP contribution >= 0.6 is 15.9 Å². The molecule has 0 amide bonds. The smallest absolute Gasteiger partial charge is 0.179 e. The van der Waals surface area contributed by atoms with Gasteiger partial charge in [0.2, 0.25) is 0 Å². The normalized spacial score (nSPS) is 15.1. The molecule has 0 saturated heterocycles. The van der Waals surface area contributed by atoms with Crippen molar-refractivity contribution in [2.45, 2.75) is 13.0 Å². The average Bonchev–Trinajstić information content (AvgIpc) is 3.36. The summed E-state index contributed by atoms with van der Waals surface area (Å²) < 4.78 is 14.1. The number of para-hydroxylation sites is 3. The van der Waals surface area contributed by atoms with Crippen LogP contribution in [0.1, 0.15) is 22.9 Å². The maximum Gasteiger partial charge on any atom is 0.179 e. The molecule has 0 fully saturated rings. The van der Waals surface area contributed by atoms with Crippen molar-refractivity contribution in [3.63, 3.8) is 0 Å². The Morgan fingerprint density at radius 1 is 0.833 bits per heavy atom. The first-order chi connectivity index (χ1) is 20.6. The van der Waals surface area contributed by atoms with Crippen LogP contribution in [-0.2, 0) is 0 Å². The van der Waals surface area contributed by atoms with E-state index in [9.17, 15) is 0 Å². The van der Waals surface area contributed by atoms with E-state index in [1.165, 1.54) is 0 Å². The van der Waals surface area contributed by atoms with Gasteiger partial charge in [0.25, 0.3) is 0 Å². The zero-order valence-electron chi connectivity index (χ0n) is 23.2. The molecule has 0 bridgehead atoms. The highest BCUT2D eigenvalue weighted by Crippen LogP contribution is 2.48. The van der Waals surface area contributed by atoms with Crippen molar-refractivity contribution < 1.29 is 9.47 Å². The Morgan fingerprint density at radius 3 is 2.43 bits per heavy atom. The molecule has 2 aliphatic rings. The fourth-order valence-corrected chi connectivity index (χ4v) is 6.00. The Balaban J connectivity index is 1.50. The van der Waals surface area contributed by atoms with Crippen LogP contribution in [0.5, 0.6) is 11.5 Å². The maximum absolute atomic E-state index is 5.69. The Morgan fingerprint density at radius 2 is 1.64 bits per heavy atom. The number of hydrogen-bond acceptors (Lipinski definition) is 7. The van der Waals surface area contributed by atoms with Crippen LogP contribution in [0.4, 0.5) is 22.9 Å². The van der Waals surface area contributed by atoms with Crippen LogP contribution in [-0.4, -0.2) is 35.7 Å². The summed E-state index contributed by atoms with van der Waals surface area (Å²) in [7, 11) is 3.29. The topological polar surface area (TPSA) is 76.3 Å². The molecule has 0 aliphatic carbocycles. The largest absolute Gasteiger partial charge is 0.497 e. The number of fused-ring (bicyclic) bond motifs is 4. The summed E-state index contributed by atoms with van der Waals surface area (Å²) in [5.74, 6) is 3.39. The molecule has 9 heteroatoms. The van der Waals surface area contributed by atoms with Gasteiger partial charge in [0.15, 0.2) is 17.5 Å². The second-order valence-corrected chi connectivity index (χ2v) is 10.9. The third-order valence-electron chi connectivity index (χ3n) is 7.46. The molecule has 0 unspecified atom stereocenters. The highest BCUT2D eigenvalue weighted by atomic mass is 79.9. The highest BCUT2D eigenvalue weighted by Gasteiger charge is 2.41. The summed E-state index contributed by atoms with van der Waals surface area (Å²) in [6.45, 7) is 2.05. The fourth-order valence-electron chi connectivity index (χ4n) is 5.58. The summed E-state index contributed by atoms with van der Waals surface area (Å²) >= 11 is 3.70. The predicted octanol–water partition coefficient (Wildman–Crippen LogP) is 7.76. The van der Waals surface area contributed by atoms with Crippen LogP contribution in [0.2, 0.25) is 0 Å². The van der Waals surface area contributed by atoms with Crippen molar-refractivity contribution in [3.8, 4) is 17.2 Å². The number of nitrogens with one attached hydrogen (secondary N) is 1. The number of nitrogens with zero attached hydrogens (tertiary/aromatic N) is 5. The Hall–Kier alpha value is -4.89. The third-order valence-corrected chi connectivity index (χ3v) is 7.96. The quantitative estimate of drug-likeness (QED) is 0.218. The molecule has 208 valence electrons.